The molecule has 2 fully saturated rings. The lowest BCUT2D eigenvalue weighted by Crippen LogP contribution is -2.39. The number of aryl methyl sites for hydroxylation is 2. The molecule has 1 N–H and O–H groups in total. The van der Waals surface area contributed by atoms with E-state index in [0.29, 0.717) is 6.04 Å². The molecule has 2 aliphatic rings. The Balaban J connectivity index is 1.80. The predicted octanol–water partition coefficient (Wildman–Crippen LogP) is 2.16. The molecule has 96 valence electrons. The van der Waals surface area contributed by atoms with Crippen LogP contribution in [0.4, 0.5) is 5.69 Å². The van der Waals surface area contributed by atoms with Crippen LogP contribution in [-0.2, 0) is 4.79 Å². The highest BCUT2D eigenvalue weighted by atomic mass is 16.2. The van der Waals surface area contributed by atoms with Crippen molar-refractivity contribution in [3.8, 4) is 0 Å². The summed E-state index contributed by atoms with van der Waals surface area (Å²) in [4.78, 5) is 14.3. The van der Waals surface area contributed by atoms with Crippen molar-refractivity contribution in [3.05, 3.63) is 29.3 Å². The second-order valence-electron chi connectivity index (χ2n) is 5.56. The molecule has 1 unspecified atom stereocenters. The van der Waals surface area contributed by atoms with Gasteiger partial charge in [-0.2, -0.15) is 0 Å². The van der Waals surface area contributed by atoms with Crippen molar-refractivity contribution < 1.29 is 4.79 Å². The maximum absolute atomic E-state index is 12.4. The summed E-state index contributed by atoms with van der Waals surface area (Å²) in [6.07, 6.45) is 3.39. The highest BCUT2D eigenvalue weighted by molar-refractivity contribution is 6.00. The van der Waals surface area contributed by atoms with Crippen LogP contribution in [0.1, 0.15) is 30.4 Å². The van der Waals surface area contributed by atoms with Gasteiger partial charge in [-0.25, -0.2) is 0 Å². The van der Waals surface area contributed by atoms with Gasteiger partial charge in [0.1, 0.15) is 0 Å². The van der Waals surface area contributed by atoms with Crippen LogP contribution in [0.3, 0.4) is 0 Å². The third-order valence-electron chi connectivity index (χ3n) is 3.88. The Hall–Kier alpha value is -1.35. The fourth-order valence-corrected chi connectivity index (χ4v) is 2.62. The number of anilines is 1. The molecule has 3 nitrogen and oxygen atoms in total. The van der Waals surface area contributed by atoms with Crippen molar-refractivity contribution in [2.24, 2.45) is 0 Å². The Morgan fingerprint density at radius 1 is 1.22 bits per heavy atom. The number of nitrogens with one attached hydrogen (secondary N) is 1. The van der Waals surface area contributed by atoms with Crippen LogP contribution in [-0.4, -0.2) is 24.5 Å². The molecule has 3 heteroatoms. The number of nitrogens with zero attached hydrogens (tertiary/aromatic N) is 1. The van der Waals surface area contributed by atoms with Gasteiger partial charge in [0.2, 0.25) is 5.91 Å². The van der Waals surface area contributed by atoms with E-state index >= 15 is 0 Å². The number of rotatable bonds is 3. The molecule has 0 spiro atoms. The molecule has 1 amide bonds. The van der Waals surface area contributed by atoms with Crippen molar-refractivity contribution in [3.63, 3.8) is 0 Å². The molecular formula is C15H20N2O. The maximum Gasteiger partial charge on any atom is 0.244 e. The third-order valence-corrected chi connectivity index (χ3v) is 3.88. The first-order chi connectivity index (χ1) is 8.65. The normalized spacial score (nSPS) is 23.8. The average molecular weight is 244 g/mol. The zero-order valence-electron chi connectivity index (χ0n) is 11.1. The largest absolute Gasteiger partial charge is 0.311 e. The Bertz CT molecular complexity index is 479. The molecule has 0 bridgehead atoms. The molecule has 1 aliphatic heterocycles. The van der Waals surface area contributed by atoms with Crippen LogP contribution in [0.25, 0.3) is 0 Å². The molecule has 3 rings (SSSR count). The Kier molecular flexibility index (Phi) is 2.86. The van der Waals surface area contributed by atoms with E-state index in [4.69, 9.17) is 0 Å². The lowest BCUT2D eigenvalue weighted by Gasteiger charge is -2.20. The zero-order chi connectivity index (χ0) is 12.7. The van der Waals surface area contributed by atoms with Crippen molar-refractivity contribution >= 4 is 11.6 Å². The molecule has 1 atom stereocenters. The molecular weight excluding hydrogens is 224 g/mol. The first-order valence-electron chi connectivity index (χ1n) is 6.80. The number of hydrogen-bond donors (Lipinski definition) is 1. The summed E-state index contributed by atoms with van der Waals surface area (Å²) in [5.74, 6) is 0.246. The highest BCUT2D eigenvalue weighted by Gasteiger charge is 2.36. The van der Waals surface area contributed by atoms with E-state index in [0.717, 1.165) is 18.7 Å². The molecule has 1 saturated heterocycles. The van der Waals surface area contributed by atoms with Gasteiger partial charge >= 0.3 is 0 Å². The molecule has 1 saturated carbocycles. The summed E-state index contributed by atoms with van der Waals surface area (Å²) < 4.78 is 0. The number of benzene rings is 1. The molecule has 1 aromatic rings. The first kappa shape index (κ1) is 11.7. The molecule has 0 aromatic heterocycles. The van der Waals surface area contributed by atoms with Crippen LogP contribution >= 0.6 is 0 Å². The SMILES string of the molecule is Cc1ccc(C)c(N2CCC(NC3CC3)C2=O)c1. The van der Waals surface area contributed by atoms with E-state index in [9.17, 15) is 4.79 Å². The van der Waals surface area contributed by atoms with E-state index in [-0.39, 0.29) is 11.9 Å². The lowest BCUT2D eigenvalue weighted by atomic mass is 10.1. The molecule has 0 radical (unpaired) electrons. The molecule has 1 heterocycles. The van der Waals surface area contributed by atoms with Gasteiger partial charge in [0.05, 0.1) is 6.04 Å². The predicted molar refractivity (Wildman–Crippen MR) is 72.8 cm³/mol. The van der Waals surface area contributed by atoms with Crippen molar-refractivity contribution in [2.45, 2.75) is 45.2 Å². The minimum atomic E-state index is 0.0393. The minimum absolute atomic E-state index is 0.0393. The van der Waals surface area contributed by atoms with Gasteiger partial charge < -0.3 is 10.2 Å². The van der Waals surface area contributed by atoms with Crippen molar-refractivity contribution in [2.75, 3.05) is 11.4 Å². The zero-order valence-corrected chi connectivity index (χ0v) is 11.1. The van der Waals surface area contributed by atoms with Crippen LogP contribution in [0.2, 0.25) is 0 Å². The fourth-order valence-electron chi connectivity index (χ4n) is 2.62. The Labute approximate surface area is 108 Å². The summed E-state index contributed by atoms with van der Waals surface area (Å²) in [5, 5.41) is 3.45. The van der Waals surface area contributed by atoms with Gasteiger partial charge in [0.25, 0.3) is 0 Å². The monoisotopic (exact) mass is 244 g/mol. The standard InChI is InChI=1S/C15H20N2O/c1-10-3-4-11(2)14(9-10)17-8-7-13(15(17)18)16-12-5-6-12/h3-4,9,12-13,16H,5-8H2,1-2H3. The van der Waals surface area contributed by atoms with Gasteiger partial charge in [0.15, 0.2) is 0 Å². The summed E-state index contributed by atoms with van der Waals surface area (Å²) in [7, 11) is 0. The van der Waals surface area contributed by atoms with E-state index in [1.54, 1.807) is 0 Å². The van der Waals surface area contributed by atoms with Crippen LogP contribution in [0.15, 0.2) is 18.2 Å². The third kappa shape index (κ3) is 2.15. The number of carbonyl (C=O) groups is 1. The maximum atomic E-state index is 12.4. The molecule has 18 heavy (non-hydrogen) atoms. The summed E-state index contributed by atoms with van der Waals surface area (Å²) in [5.41, 5.74) is 3.48. The average Bonchev–Trinajstić information content (AvgIpc) is 3.09. The van der Waals surface area contributed by atoms with Gasteiger partial charge in [-0.15, -0.1) is 0 Å². The fraction of sp³-hybridized carbons (Fsp3) is 0.533. The van der Waals surface area contributed by atoms with E-state index in [1.165, 1.54) is 24.0 Å². The van der Waals surface area contributed by atoms with Crippen LogP contribution < -0.4 is 10.2 Å². The van der Waals surface area contributed by atoms with Gasteiger partial charge in [0, 0.05) is 18.3 Å². The number of hydrogen-bond acceptors (Lipinski definition) is 2. The quantitative estimate of drug-likeness (QED) is 0.883. The van der Waals surface area contributed by atoms with Crippen LogP contribution in [0, 0.1) is 13.8 Å². The molecule has 1 aromatic carbocycles. The second kappa shape index (κ2) is 4.39. The van der Waals surface area contributed by atoms with E-state index < -0.39 is 0 Å². The van der Waals surface area contributed by atoms with Gasteiger partial charge in [-0.3, -0.25) is 4.79 Å². The summed E-state index contributed by atoms with van der Waals surface area (Å²) >= 11 is 0. The number of amides is 1. The van der Waals surface area contributed by atoms with Crippen molar-refractivity contribution in [1.29, 1.82) is 0 Å². The van der Waals surface area contributed by atoms with Crippen LogP contribution in [0.5, 0.6) is 0 Å². The highest BCUT2D eigenvalue weighted by Crippen LogP contribution is 2.28. The topological polar surface area (TPSA) is 32.3 Å². The lowest BCUT2D eigenvalue weighted by molar-refractivity contribution is -0.118. The van der Waals surface area contributed by atoms with Gasteiger partial charge in [-0.1, -0.05) is 12.1 Å². The summed E-state index contributed by atoms with van der Waals surface area (Å²) in [6.45, 7) is 4.99. The van der Waals surface area contributed by atoms with Gasteiger partial charge in [-0.05, 0) is 50.3 Å². The summed E-state index contributed by atoms with van der Waals surface area (Å²) in [6, 6.07) is 6.95. The smallest absolute Gasteiger partial charge is 0.244 e. The Morgan fingerprint density at radius 3 is 2.72 bits per heavy atom. The van der Waals surface area contributed by atoms with E-state index in [1.807, 2.05) is 4.90 Å². The van der Waals surface area contributed by atoms with E-state index in [2.05, 4.69) is 37.4 Å². The van der Waals surface area contributed by atoms with Crippen molar-refractivity contribution in [1.82, 2.24) is 5.32 Å². The second-order valence-corrected chi connectivity index (χ2v) is 5.56. The Morgan fingerprint density at radius 2 is 2.00 bits per heavy atom. The number of carbonyl (C=O) groups excluding carboxylic acids is 1. The minimum Gasteiger partial charge on any atom is -0.311 e. The molecule has 1 aliphatic carbocycles. The first-order valence-corrected chi connectivity index (χ1v) is 6.80.